The quantitative estimate of drug-likeness (QED) is 0.765. The minimum Gasteiger partial charge on any atom is -0.333 e. The second-order valence-corrected chi connectivity index (χ2v) is 5.85. The summed E-state index contributed by atoms with van der Waals surface area (Å²) in [6.45, 7) is 2.54. The van der Waals surface area contributed by atoms with Crippen LogP contribution in [0.2, 0.25) is 15.1 Å². The maximum absolute atomic E-state index is 12.1. The van der Waals surface area contributed by atoms with Gasteiger partial charge in [0.25, 0.3) is 0 Å². The van der Waals surface area contributed by atoms with Crippen LogP contribution in [0.3, 0.4) is 0 Å². The van der Waals surface area contributed by atoms with E-state index >= 15 is 0 Å². The summed E-state index contributed by atoms with van der Waals surface area (Å²) in [4.78, 5) is 25.7. The van der Waals surface area contributed by atoms with Gasteiger partial charge in [-0.2, -0.15) is 0 Å². The zero-order chi connectivity index (χ0) is 15.4. The Bertz CT molecular complexity index is 535. The highest BCUT2D eigenvalue weighted by Crippen LogP contribution is 2.33. The summed E-state index contributed by atoms with van der Waals surface area (Å²) >= 11 is 17.8. The zero-order valence-corrected chi connectivity index (χ0v) is 13.4. The Morgan fingerprint density at radius 3 is 2.43 bits per heavy atom. The first kappa shape index (κ1) is 16.4. The Morgan fingerprint density at radius 2 is 1.76 bits per heavy atom. The van der Waals surface area contributed by atoms with Crippen LogP contribution < -0.4 is 10.6 Å². The third kappa shape index (κ3) is 4.23. The average molecular weight is 351 g/mol. The Balaban J connectivity index is 2.08. The maximum atomic E-state index is 12.1. The Kier molecular flexibility index (Phi) is 5.70. The fourth-order valence-corrected chi connectivity index (χ4v) is 2.93. The molecule has 8 heteroatoms. The molecule has 0 atom stereocenters. The Hall–Kier alpha value is -1.01. The van der Waals surface area contributed by atoms with Crippen LogP contribution in [0.15, 0.2) is 12.1 Å². The lowest BCUT2D eigenvalue weighted by molar-refractivity contribution is -0.143. The van der Waals surface area contributed by atoms with Gasteiger partial charge >= 0.3 is 11.8 Å². The minimum atomic E-state index is -0.761. The maximum Gasteiger partial charge on any atom is 0.313 e. The second-order valence-electron chi connectivity index (χ2n) is 4.59. The molecule has 0 aromatic heterocycles. The Labute approximate surface area is 137 Å². The number of halogens is 3. The molecule has 1 aromatic carbocycles. The second kappa shape index (κ2) is 7.31. The number of benzene rings is 1. The molecule has 2 rings (SSSR count). The van der Waals surface area contributed by atoms with Crippen molar-refractivity contribution < 1.29 is 9.59 Å². The molecular formula is C13H14Cl3N3O2. The first-order valence-electron chi connectivity index (χ1n) is 6.44. The number of carbonyl (C=O) groups excluding carboxylic acids is 2. The molecule has 0 spiro atoms. The van der Waals surface area contributed by atoms with Gasteiger partial charge in [-0.05, 0) is 25.1 Å². The molecule has 1 fully saturated rings. The molecule has 114 valence electrons. The normalized spacial score (nSPS) is 15.5. The van der Waals surface area contributed by atoms with Gasteiger partial charge in [-0.15, -0.1) is 0 Å². The molecule has 5 nitrogen and oxygen atoms in total. The SMILES string of the molecule is O=C(Nc1c(Cl)cc(Cl)cc1Cl)C(=O)N1CCCNCC1. The summed E-state index contributed by atoms with van der Waals surface area (Å²) in [5.74, 6) is -1.36. The van der Waals surface area contributed by atoms with E-state index in [0.717, 1.165) is 13.0 Å². The van der Waals surface area contributed by atoms with Gasteiger partial charge in [-0.25, -0.2) is 0 Å². The number of anilines is 1. The molecule has 1 saturated heterocycles. The van der Waals surface area contributed by atoms with Crippen LogP contribution in [-0.2, 0) is 9.59 Å². The van der Waals surface area contributed by atoms with Crippen molar-refractivity contribution >= 4 is 52.3 Å². The highest BCUT2D eigenvalue weighted by molar-refractivity contribution is 6.45. The van der Waals surface area contributed by atoms with Crippen molar-refractivity contribution in [1.29, 1.82) is 0 Å². The molecule has 0 unspecified atom stereocenters. The Morgan fingerprint density at radius 1 is 1.10 bits per heavy atom. The molecule has 2 amide bonds. The van der Waals surface area contributed by atoms with Crippen molar-refractivity contribution in [1.82, 2.24) is 10.2 Å². The van der Waals surface area contributed by atoms with E-state index in [2.05, 4.69) is 10.6 Å². The van der Waals surface area contributed by atoms with Crippen LogP contribution in [0.1, 0.15) is 6.42 Å². The van der Waals surface area contributed by atoms with E-state index in [4.69, 9.17) is 34.8 Å². The van der Waals surface area contributed by atoms with Crippen LogP contribution in [0.4, 0.5) is 5.69 Å². The smallest absolute Gasteiger partial charge is 0.313 e. The van der Waals surface area contributed by atoms with Gasteiger partial charge in [-0.1, -0.05) is 34.8 Å². The third-order valence-electron chi connectivity index (χ3n) is 3.07. The van der Waals surface area contributed by atoms with E-state index in [1.165, 1.54) is 17.0 Å². The topological polar surface area (TPSA) is 61.4 Å². The van der Waals surface area contributed by atoms with Gasteiger partial charge in [0.15, 0.2) is 0 Å². The van der Waals surface area contributed by atoms with Crippen LogP contribution in [0, 0.1) is 0 Å². The van der Waals surface area contributed by atoms with E-state index in [9.17, 15) is 9.59 Å². The lowest BCUT2D eigenvalue weighted by Crippen LogP contribution is -2.41. The number of amides is 2. The lowest BCUT2D eigenvalue weighted by Gasteiger charge is -2.19. The fourth-order valence-electron chi connectivity index (χ4n) is 2.02. The summed E-state index contributed by atoms with van der Waals surface area (Å²) in [6.07, 6.45) is 0.807. The van der Waals surface area contributed by atoms with Gasteiger partial charge in [0, 0.05) is 24.7 Å². The predicted octanol–water partition coefficient (Wildman–Crippen LogP) is 2.41. The van der Waals surface area contributed by atoms with Crippen LogP contribution in [0.5, 0.6) is 0 Å². The molecule has 0 saturated carbocycles. The number of nitrogens with zero attached hydrogens (tertiary/aromatic N) is 1. The van der Waals surface area contributed by atoms with E-state index in [-0.39, 0.29) is 15.7 Å². The van der Waals surface area contributed by atoms with Crippen LogP contribution in [0.25, 0.3) is 0 Å². The molecule has 2 N–H and O–H groups in total. The molecule has 0 bridgehead atoms. The number of hydrogen-bond acceptors (Lipinski definition) is 3. The highest BCUT2D eigenvalue weighted by Gasteiger charge is 2.24. The summed E-state index contributed by atoms with van der Waals surface area (Å²) in [5, 5.41) is 6.34. The standard InChI is InChI=1S/C13H14Cl3N3O2/c14-8-6-9(15)11(10(16)7-8)18-12(20)13(21)19-4-1-2-17-3-5-19/h6-7,17H,1-5H2,(H,18,20). The molecule has 0 aliphatic carbocycles. The zero-order valence-electron chi connectivity index (χ0n) is 11.1. The van der Waals surface area contributed by atoms with Gasteiger partial charge in [-0.3, -0.25) is 9.59 Å². The van der Waals surface area contributed by atoms with Crippen LogP contribution in [-0.4, -0.2) is 42.9 Å². The molecule has 21 heavy (non-hydrogen) atoms. The monoisotopic (exact) mass is 349 g/mol. The fraction of sp³-hybridized carbons (Fsp3) is 0.385. The molecule has 1 aliphatic heterocycles. The summed E-state index contributed by atoms with van der Waals surface area (Å²) in [5.41, 5.74) is 0.189. The van der Waals surface area contributed by atoms with Crippen molar-refractivity contribution in [2.45, 2.75) is 6.42 Å². The number of nitrogens with one attached hydrogen (secondary N) is 2. The van der Waals surface area contributed by atoms with Crippen molar-refractivity contribution in [2.75, 3.05) is 31.5 Å². The first-order valence-corrected chi connectivity index (χ1v) is 7.58. The van der Waals surface area contributed by atoms with Crippen LogP contribution >= 0.6 is 34.8 Å². The van der Waals surface area contributed by atoms with E-state index in [0.29, 0.717) is 24.7 Å². The number of carbonyl (C=O) groups is 2. The predicted molar refractivity (Wildman–Crippen MR) is 84.2 cm³/mol. The van der Waals surface area contributed by atoms with Gasteiger partial charge in [0.05, 0.1) is 15.7 Å². The van der Waals surface area contributed by atoms with Gasteiger partial charge in [0.2, 0.25) is 0 Å². The lowest BCUT2D eigenvalue weighted by atomic mass is 10.3. The largest absolute Gasteiger partial charge is 0.333 e. The van der Waals surface area contributed by atoms with E-state index in [1.54, 1.807) is 0 Å². The third-order valence-corrected chi connectivity index (χ3v) is 3.88. The highest BCUT2D eigenvalue weighted by atomic mass is 35.5. The summed E-state index contributed by atoms with van der Waals surface area (Å²) in [6, 6.07) is 2.90. The number of rotatable bonds is 1. The average Bonchev–Trinajstić information content (AvgIpc) is 2.70. The minimum absolute atomic E-state index is 0.186. The van der Waals surface area contributed by atoms with Crippen molar-refractivity contribution in [3.63, 3.8) is 0 Å². The molecule has 1 heterocycles. The summed E-state index contributed by atoms with van der Waals surface area (Å²) < 4.78 is 0. The van der Waals surface area contributed by atoms with Crippen molar-refractivity contribution in [2.24, 2.45) is 0 Å². The van der Waals surface area contributed by atoms with Crippen molar-refractivity contribution in [3.8, 4) is 0 Å². The van der Waals surface area contributed by atoms with Gasteiger partial charge < -0.3 is 15.5 Å². The van der Waals surface area contributed by atoms with Gasteiger partial charge in [0.1, 0.15) is 0 Å². The van der Waals surface area contributed by atoms with Crippen molar-refractivity contribution in [3.05, 3.63) is 27.2 Å². The number of hydrogen-bond donors (Lipinski definition) is 2. The molecule has 1 aliphatic rings. The molecular weight excluding hydrogens is 337 g/mol. The first-order chi connectivity index (χ1) is 9.99. The van der Waals surface area contributed by atoms with E-state index < -0.39 is 11.8 Å². The van der Waals surface area contributed by atoms with E-state index in [1.807, 2.05) is 0 Å². The molecule has 1 aromatic rings. The summed E-state index contributed by atoms with van der Waals surface area (Å²) in [7, 11) is 0. The molecule has 0 radical (unpaired) electrons.